The maximum Gasteiger partial charge on any atom is 0.230 e. The van der Waals surface area contributed by atoms with E-state index in [4.69, 9.17) is 15.2 Å². The number of primary amides is 1. The van der Waals surface area contributed by atoms with E-state index >= 15 is 0 Å². The molecular weight excluding hydrogens is 266 g/mol. The summed E-state index contributed by atoms with van der Waals surface area (Å²) in [5, 5.41) is 9.87. The molecule has 102 valence electrons. The van der Waals surface area contributed by atoms with Crippen LogP contribution in [0, 0.1) is 0 Å². The third-order valence-corrected chi connectivity index (χ3v) is 4.65. The second-order valence-corrected chi connectivity index (χ2v) is 5.87. The first-order chi connectivity index (χ1) is 9.15. The summed E-state index contributed by atoms with van der Waals surface area (Å²) in [4.78, 5) is 11.4. The Morgan fingerprint density at radius 2 is 2.00 bits per heavy atom. The highest BCUT2D eigenvalue weighted by Crippen LogP contribution is 2.39. The Kier molecular flexibility index (Phi) is 3.28. The minimum Gasteiger partial charge on any atom is -0.486 e. The molecule has 0 aromatic heterocycles. The summed E-state index contributed by atoms with van der Waals surface area (Å²) in [7, 11) is 0. The van der Waals surface area contributed by atoms with Crippen LogP contribution >= 0.6 is 11.8 Å². The molecular formula is C13H15NO4S. The molecule has 1 aromatic carbocycles. The third kappa shape index (κ3) is 2.37. The van der Waals surface area contributed by atoms with E-state index in [1.54, 1.807) is 0 Å². The molecule has 5 nitrogen and oxygen atoms in total. The van der Waals surface area contributed by atoms with E-state index in [-0.39, 0.29) is 11.2 Å². The average Bonchev–Trinajstić information content (AvgIpc) is 2.56. The number of thioether (sulfide) groups is 1. The number of fused-ring (bicyclic) bond motifs is 2. The van der Waals surface area contributed by atoms with Gasteiger partial charge in [0, 0.05) is 5.75 Å². The van der Waals surface area contributed by atoms with E-state index in [2.05, 4.69) is 0 Å². The summed E-state index contributed by atoms with van der Waals surface area (Å²) < 4.78 is 11.1. The molecule has 3 N–H and O–H groups in total. The number of carbonyl (C=O) groups is 1. The fraction of sp³-hybridized carbons (Fsp3) is 0.462. The summed E-state index contributed by atoms with van der Waals surface area (Å²) in [6.45, 7) is 1.03. The number of hydrogen-bond donors (Lipinski definition) is 2. The molecule has 1 amide bonds. The largest absolute Gasteiger partial charge is 0.486 e. The van der Waals surface area contributed by atoms with Crippen molar-refractivity contribution in [2.24, 2.45) is 5.73 Å². The number of amides is 1. The van der Waals surface area contributed by atoms with Gasteiger partial charge in [-0.15, -0.1) is 11.8 Å². The lowest BCUT2D eigenvalue weighted by Gasteiger charge is -2.21. The molecule has 0 saturated heterocycles. The van der Waals surface area contributed by atoms with E-state index in [1.807, 2.05) is 12.1 Å². The maximum atomic E-state index is 11.4. The van der Waals surface area contributed by atoms with Crippen molar-refractivity contribution in [1.29, 1.82) is 0 Å². The number of rotatable bonds is 1. The molecule has 2 aliphatic heterocycles. The van der Waals surface area contributed by atoms with E-state index in [0.717, 1.165) is 11.1 Å². The molecule has 2 heterocycles. The first kappa shape index (κ1) is 12.6. The van der Waals surface area contributed by atoms with E-state index < -0.39 is 6.10 Å². The van der Waals surface area contributed by atoms with Gasteiger partial charge in [-0.05, 0) is 29.7 Å². The van der Waals surface area contributed by atoms with E-state index in [9.17, 15) is 9.90 Å². The molecule has 0 saturated carbocycles. The number of nitrogens with two attached hydrogens (primary N) is 1. The molecule has 19 heavy (non-hydrogen) atoms. The van der Waals surface area contributed by atoms with Crippen LogP contribution in [-0.2, 0) is 11.2 Å². The molecule has 3 rings (SSSR count). The maximum absolute atomic E-state index is 11.4. The monoisotopic (exact) mass is 281 g/mol. The number of aliphatic hydroxyl groups excluding tert-OH is 1. The Bertz CT molecular complexity index is 520. The van der Waals surface area contributed by atoms with Gasteiger partial charge < -0.3 is 20.3 Å². The predicted octanol–water partition coefficient (Wildman–Crippen LogP) is 0.634. The van der Waals surface area contributed by atoms with Gasteiger partial charge in [-0.25, -0.2) is 0 Å². The Morgan fingerprint density at radius 1 is 1.32 bits per heavy atom. The van der Waals surface area contributed by atoms with E-state index in [0.29, 0.717) is 36.9 Å². The highest BCUT2D eigenvalue weighted by Gasteiger charge is 2.28. The van der Waals surface area contributed by atoms with Crippen LogP contribution in [0.5, 0.6) is 11.5 Å². The van der Waals surface area contributed by atoms with Gasteiger partial charge in [-0.1, -0.05) is 0 Å². The van der Waals surface area contributed by atoms with Gasteiger partial charge in [0.2, 0.25) is 5.91 Å². The second-order valence-electron chi connectivity index (χ2n) is 4.64. The predicted molar refractivity (Wildman–Crippen MR) is 71.5 cm³/mol. The fourth-order valence-corrected chi connectivity index (χ4v) is 3.43. The van der Waals surface area contributed by atoms with Crippen molar-refractivity contribution in [1.82, 2.24) is 0 Å². The second kappa shape index (κ2) is 4.94. The first-order valence-electron chi connectivity index (χ1n) is 6.16. The lowest BCUT2D eigenvalue weighted by atomic mass is 9.98. The SMILES string of the molecule is NC(=O)C1Cc2cc3c(cc2C(O)CS1)OCCO3. The number of hydrogen-bond acceptors (Lipinski definition) is 5. The van der Waals surface area contributed by atoms with Gasteiger partial charge in [0.05, 0.1) is 11.4 Å². The van der Waals surface area contributed by atoms with Crippen LogP contribution in [0.2, 0.25) is 0 Å². The third-order valence-electron chi connectivity index (χ3n) is 3.34. The minimum absolute atomic E-state index is 0.307. The molecule has 0 radical (unpaired) electrons. The summed E-state index contributed by atoms with van der Waals surface area (Å²) in [5.41, 5.74) is 7.09. The van der Waals surface area contributed by atoms with Crippen LogP contribution < -0.4 is 15.2 Å². The van der Waals surface area contributed by atoms with Gasteiger partial charge >= 0.3 is 0 Å². The summed E-state index contributed by atoms with van der Waals surface area (Å²) >= 11 is 1.39. The quantitative estimate of drug-likeness (QED) is 0.789. The zero-order valence-electron chi connectivity index (χ0n) is 10.3. The molecule has 6 heteroatoms. The molecule has 0 fully saturated rings. The van der Waals surface area contributed by atoms with Crippen LogP contribution in [0.4, 0.5) is 0 Å². The summed E-state index contributed by atoms with van der Waals surface area (Å²) in [6.07, 6.45) is -0.0940. The van der Waals surface area contributed by atoms with Crippen molar-refractivity contribution in [3.63, 3.8) is 0 Å². The fourth-order valence-electron chi connectivity index (χ4n) is 2.37. The van der Waals surface area contributed by atoms with Crippen molar-refractivity contribution in [3.05, 3.63) is 23.3 Å². The van der Waals surface area contributed by atoms with Gasteiger partial charge in [-0.2, -0.15) is 0 Å². The Balaban J connectivity index is 2.01. The molecule has 2 aliphatic rings. The highest BCUT2D eigenvalue weighted by molar-refractivity contribution is 8.00. The van der Waals surface area contributed by atoms with Gasteiger partial charge in [-0.3, -0.25) is 4.79 Å². The van der Waals surface area contributed by atoms with Crippen molar-refractivity contribution < 1.29 is 19.4 Å². The smallest absolute Gasteiger partial charge is 0.230 e. The van der Waals surface area contributed by atoms with Gasteiger partial charge in [0.25, 0.3) is 0 Å². The van der Waals surface area contributed by atoms with E-state index in [1.165, 1.54) is 11.8 Å². The van der Waals surface area contributed by atoms with Crippen molar-refractivity contribution in [2.45, 2.75) is 17.8 Å². The molecule has 2 unspecified atom stereocenters. The van der Waals surface area contributed by atoms with Gasteiger partial charge in [0.1, 0.15) is 13.2 Å². The number of ether oxygens (including phenoxy) is 2. The molecule has 0 aliphatic carbocycles. The lowest BCUT2D eigenvalue weighted by Crippen LogP contribution is -2.27. The zero-order valence-corrected chi connectivity index (χ0v) is 11.1. The molecule has 2 atom stereocenters. The van der Waals surface area contributed by atoms with Crippen molar-refractivity contribution in [2.75, 3.05) is 19.0 Å². The average molecular weight is 281 g/mol. The first-order valence-corrected chi connectivity index (χ1v) is 7.21. The summed E-state index contributed by atoms with van der Waals surface area (Å²) in [5.74, 6) is 1.44. The molecule has 0 spiro atoms. The highest BCUT2D eigenvalue weighted by atomic mass is 32.2. The lowest BCUT2D eigenvalue weighted by molar-refractivity contribution is -0.117. The minimum atomic E-state index is -0.611. The van der Waals surface area contributed by atoms with Crippen LogP contribution in [0.25, 0.3) is 0 Å². The number of carbonyl (C=O) groups excluding carboxylic acids is 1. The Hall–Kier alpha value is -1.40. The van der Waals surface area contributed by atoms with Crippen molar-refractivity contribution in [3.8, 4) is 11.5 Å². The number of aliphatic hydroxyl groups is 1. The molecule has 0 bridgehead atoms. The van der Waals surface area contributed by atoms with Crippen LogP contribution in [-0.4, -0.2) is 35.2 Å². The Labute approximate surface area is 115 Å². The van der Waals surface area contributed by atoms with Crippen LogP contribution in [0.1, 0.15) is 17.2 Å². The topological polar surface area (TPSA) is 81.8 Å². The summed E-state index contributed by atoms with van der Waals surface area (Å²) in [6, 6.07) is 3.67. The number of benzene rings is 1. The van der Waals surface area contributed by atoms with Crippen LogP contribution in [0.3, 0.4) is 0 Å². The normalized spacial score (nSPS) is 25.3. The van der Waals surface area contributed by atoms with Gasteiger partial charge in [0.15, 0.2) is 11.5 Å². The standard InChI is InChI=1S/C13H15NO4S/c14-13(16)12-4-7-3-10-11(18-2-1-17-10)5-8(7)9(15)6-19-12/h3,5,9,12,15H,1-2,4,6H2,(H2,14,16). The van der Waals surface area contributed by atoms with Crippen LogP contribution in [0.15, 0.2) is 12.1 Å². The van der Waals surface area contributed by atoms with Crippen molar-refractivity contribution >= 4 is 17.7 Å². The Morgan fingerprint density at radius 3 is 2.68 bits per heavy atom. The molecule has 1 aromatic rings. The zero-order chi connectivity index (χ0) is 13.4.